The van der Waals surface area contributed by atoms with Gasteiger partial charge >= 0.3 is 0 Å². The van der Waals surface area contributed by atoms with Gasteiger partial charge in [-0.05, 0) is 24.3 Å². The van der Waals surface area contributed by atoms with Crippen LogP contribution in [-0.2, 0) is 0 Å². The minimum atomic E-state index is 0.769. The molecule has 2 aromatic carbocycles. The molecule has 0 fully saturated rings. The summed E-state index contributed by atoms with van der Waals surface area (Å²) in [5.41, 5.74) is 9.67. The number of hydrogen-bond donors (Lipinski definition) is 1. The molecule has 0 aliphatic rings. The van der Waals surface area contributed by atoms with Crippen LogP contribution in [0.1, 0.15) is 0 Å². The van der Waals surface area contributed by atoms with Gasteiger partial charge in [0.05, 0.1) is 5.69 Å². The third-order valence-corrected chi connectivity index (χ3v) is 4.05. The lowest BCUT2D eigenvalue weighted by Crippen LogP contribution is -2.08. The Balaban J connectivity index is 1.89. The standard InChI is InChI=1S/C16H15N3S/c1-19(14-5-3-2-4-6-14)16-18-15(11-20-16)12-7-9-13(17)10-8-12/h2-11H,17H2,1H3. The van der Waals surface area contributed by atoms with E-state index in [4.69, 9.17) is 10.7 Å². The van der Waals surface area contributed by atoms with Gasteiger partial charge in [-0.3, -0.25) is 0 Å². The molecule has 2 N–H and O–H groups in total. The molecule has 0 aliphatic carbocycles. The highest BCUT2D eigenvalue weighted by Crippen LogP contribution is 2.30. The Bertz CT molecular complexity index is 689. The number of rotatable bonds is 3. The molecular weight excluding hydrogens is 266 g/mol. The predicted molar refractivity (Wildman–Crippen MR) is 86.5 cm³/mol. The number of nitrogens with two attached hydrogens (primary N) is 1. The van der Waals surface area contributed by atoms with Crippen molar-refractivity contribution in [3.8, 4) is 11.3 Å². The van der Waals surface area contributed by atoms with E-state index in [0.29, 0.717) is 0 Å². The zero-order chi connectivity index (χ0) is 13.9. The van der Waals surface area contributed by atoms with Crippen molar-refractivity contribution in [2.75, 3.05) is 17.7 Å². The number of aromatic nitrogens is 1. The molecule has 1 heterocycles. The van der Waals surface area contributed by atoms with Crippen molar-refractivity contribution < 1.29 is 0 Å². The van der Waals surface area contributed by atoms with Crippen LogP contribution in [0.2, 0.25) is 0 Å². The van der Waals surface area contributed by atoms with Gasteiger partial charge in [0, 0.05) is 29.4 Å². The van der Waals surface area contributed by atoms with Crippen LogP contribution in [0.15, 0.2) is 60.0 Å². The molecular formula is C16H15N3S. The molecule has 0 saturated carbocycles. The molecule has 0 atom stereocenters. The Labute approximate surface area is 122 Å². The van der Waals surface area contributed by atoms with E-state index in [1.165, 1.54) is 0 Å². The van der Waals surface area contributed by atoms with Gasteiger partial charge in [-0.2, -0.15) is 0 Å². The monoisotopic (exact) mass is 281 g/mol. The number of benzene rings is 2. The Morgan fingerprint density at radius 3 is 2.40 bits per heavy atom. The molecule has 0 radical (unpaired) electrons. The summed E-state index contributed by atoms with van der Waals surface area (Å²) in [6, 6.07) is 18.0. The van der Waals surface area contributed by atoms with Gasteiger partial charge in [0.2, 0.25) is 0 Å². The fourth-order valence-corrected chi connectivity index (χ4v) is 2.79. The van der Waals surface area contributed by atoms with Gasteiger partial charge < -0.3 is 10.6 Å². The topological polar surface area (TPSA) is 42.2 Å². The third-order valence-electron chi connectivity index (χ3n) is 3.13. The first-order chi connectivity index (χ1) is 9.74. The molecule has 1 aromatic heterocycles. The van der Waals surface area contributed by atoms with Crippen LogP contribution in [-0.4, -0.2) is 12.0 Å². The maximum absolute atomic E-state index is 5.71. The highest BCUT2D eigenvalue weighted by atomic mass is 32.1. The third kappa shape index (κ3) is 2.51. The highest BCUT2D eigenvalue weighted by Gasteiger charge is 2.09. The SMILES string of the molecule is CN(c1ccccc1)c1nc(-c2ccc(N)cc2)cs1. The van der Waals surface area contributed by atoms with E-state index in [0.717, 1.165) is 27.8 Å². The first kappa shape index (κ1) is 12.7. The van der Waals surface area contributed by atoms with Crippen LogP contribution in [0.25, 0.3) is 11.3 Å². The predicted octanol–water partition coefficient (Wildman–Crippen LogP) is 4.16. The van der Waals surface area contributed by atoms with Crippen LogP contribution in [0.4, 0.5) is 16.5 Å². The average Bonchev–Trinajstić information content (AvgIpc) is 2.98. The Morgan fingerprint density at radius 2 is 1.70 bits per heavy atom. The molecule has 0 aliphatic heterocycles. The summed E-state index contributed by atoms with van der Waals surface area (Å²) in [6.07, 6.45) is 0. The van der Waals surface area contributed by atoms with Crippen molar-refractivity contribution in [2.24, 2.45) is 0 Å². The molecule has 3 nitrogen and oxygen atoms in total. The fraction of sp³-hybridized carbons (Fsp3) is 0.0625. The molecule has 0 unspecified atom stereocenters. The molecule has 0 spiro atoms. The zero-order valence-corrected chi connectivity index (χ0v) is 12.0. The summed E-state index contributed by atoms with van der Waals surface area (Å²) in [5.74, 6) is 0. The van der Waals surface area contributed by atoms with E-state index in [2.05, 4.69) is 22.4 Å². The number of para-hydroxylation sites is 1. The minimum Gasteiger partial charge on any atom is -0.399 e. The van der Waals surface area contributed by atoms with Crippen molar-refractivity contribution in [3.05, 3.63) is 60.0 Å². The number of thiazole rings is 1. The van der Waals surface area contributed by atoms with E-state index in [-0.39, 0.29) is 0 Å². The molecule has 4 heteroatoms. The molecule has 20 heavy (non-hydrogen) atoms. The maximum Gasteiger partial charge on any atom is 0.190 e. The highest BCUT2D eigenvalue weighted by molar-refractivity contribution is 7.14. The molecule has 0 amide bonds. The van der Waals surface area contributed by atoms with Crippen LogP contribution in [0, 0.1) is 0 Å². The summed E-state index contributed by atoms with van der Waals surface area (Å²) in [6.45, 7) is 0. The molecule has 100 valence electrons. The van der Waals surface area contributed by atoms with Crippen molar-refractivity contribution >= 4 is 27.8 Å². The molecule has 3 rings (SSSR count). The van der Waals surface area contributed by atoms with Gasteiger partial charge in [0.25, 0.3) is 0 Å². The van der Waals surface area contributed by atoms with Crippen molar-refractivity contribution in [2.45, 2.75) is 0 Å². The van der Waals surface area contributed by atoms with E-state index < -0.39 is 0 Å². The van der Waals surface area contributed by atoms with E-state index in [1.54, 1.807) is 11.3 Å². The van der Waals surface area contributed by atoms with Crippen molar-refractivity contribution in [3.63, 3.8) is 0 Å². The normalized spacial score (nSPS) is 10.4. The first-order valence-corrected chi connectivity index (χ1v) is 7.22. The second-order valence-electron chi connectivity index (χ2n) is 4.53. The summed E-state index contributed by atoms with van der Waals surface area (Å²) >= 11 is 1.64. The Kier molecular flexibility index (Phi) is 3.39. The quantitative estimate of drug-likeness (QED) is 0.733. The van der Waals surface area contributed by atoms with Gasteiger partial charge in [0.15, 0.2) is 5.13 Å². The summed E-state index contributed by atoms with van der Waals surface area (Å²) < 4.78 is 0. The minimum absolute atomic E-state index is 0.769. The van der Waals surface area contributed by atoms with Gasteiger partial charge in [-0.15, -0.1) is 11.3 Å². The van der Waals surface area contributed by atoms with Crippen LogP contribution in [0.5, 0.6) is 0 Å². The van der Waals surface area contributed by atoms with Crippen LogP contribution < -0.4 is 10.6 Å². The lowest BCUT2D eigenvalue weighted by molar-refractivity contribution is 1.17. The molecule has 0 bridgehead atoms. The Hall–Kier alpha value is -2.33. The van der Waals surface area contributed by atoms with E-state index in [9.17, 15) is 0 Å². The number of hydrogen-bond acceptors (Lipinski definition) is 4. The first-order valence-electron chi connectivity index (χ1n) is 6.34. The second-order valence-corrected chi connectivity index (χ2v) is 5.37. The number of anilines is 3. The van der Waals surface area contributed by atoms with E-state index >= 15 is 0 Å². The second kappa shape index (κ2) is 5.35. The van der Waals surface area contributed by atoms with Crippen molar-refractivity contribution in [1.82, 2.24) is 4.98 Å². The summed E-state index contributed by atoms with van der Waals surface area (Å²) in [7, 11) is 2.03. The summed E-state index contributed by atoms with van der Waals surface area (Å²) in [4.78, 5) is 6.78. The molecule has 3 aromatic rings. The lowest BCUT2D eigenvalue weighted by atomic mass is 10.1. The number of nitrogen functional groups attached to an aromatic ring is 1. The van der Waals surface area contributed by atoms with E-state index in [1.807, 2.05) is 49.5 Å². The molecule has 0 saturated heterocycles. The fourth-order valence-electron chi connectivity index (χ4n) is 1.97. The van der Waals surface area contributed by atoms with Gasteiger partial charge in [0.1, 0.15) is 0 Å². The smallest absolute Gasteiger partial charge is 0.190 e. The van der Waals surface area contributed by atoms with Crippen LogP contribution >= 0.6 is 11.3 Å². The van der Waals surface area contributed by atoms with Gasteiger partial charge in [-0.1, -0.05) is 30.3 Å². The Morgan fingerprint density at radius 1 is 1.00 bits per heavy atom. The van der Waals surface area contributed by atoms with Gasteiger partial charge in [-0.25, -0.2) is 4.98 Å². The van der Waals surface area contributed by atoms with Crippen molar-refractivity contribution in [1.29, 1.82) is 0 Å². The average molecular weight is 281 g/mol. The maximum atomic E-state index is 5.71. The number of nitrogens with zero attached hydrogens (tertiary/aromatic N) is 2. The van der Waals surface area contributed by atoms with Crippen LogP contribution in [0.3, 0.4) is 0 Å². The largest absolute Gasteiger partial charge is 0.399 e. The summed E-state index contributed by atoms with van der Waals surface area (Å²) in [5, 5.41) is 3.04. The lowest BCUT2D eigenvalue weighted by Gasteiger charge is -2.15. The zero-order valence-electron chi connectivity index (χ0n) is 11.2.